The van der Waals surface area contributed by atoms with E-state index in [9.17, 15) is 4.79 Å². The predicted molar refractivity (Wildman–Crippen MR) is 109 cm³/mol. The quantitative estimate of drug-likeness (QED) is 0.474. The van der Waals surface area contributed by atoms with E-state index < -0.39 is 0 Å². The summed E-state index contributed by atoms with van der Waals surface area (Å²) in [5.74, 6) is 0.162. The molecule has 0 unspecified atom stereocenters. The average molecular weight is 374 g/mol. The maximum Gasteiger partial charge on any atom is 0.257 e. The van der Waals surface area contributed by atoms with E-state index in [1.807, 2.05) is 66.7 Å². The van der Waals surface area contributed by atoms with Crippen molar-refractivity contribution in [2.75, 3.05) is 11.1 Å². The van der Waals surface area contributed by atoms with Crippen molar-refractivity contribution in [2.24, 2.45) is 0 Å². The Hall–Kier alpha value is -3.05. The van der Waals surface area contributed by atoms with Crippen LogP contribution in [-0.2, 0) is 11.2 Å². The van der Waals surface area contributed by atoms with Crippen molar-refractivity contribution in [3.63, 3.8) is 0 Å². The summed E-state index contributed by atoms with van der Waals surface area (Å²) in [6, 6.07) is 25.7. The van der Waals surface area contributed by atoms with E-state index in [1.165, 1.54) is 17.3 Å². The first-order valence-electron chi connectivity index (χ1n) is 8.68. The fourth-order valence-corrected chi connectivity index (χ4v) is 3.48. The van der Waals surface area contributed by atoms with Gasteiger partial charge in [0.1, 0.15) is 5.52 Å². The number of para-hydroxylation sites is 3. The van der Waals surface area contributed by atoms with Crippen LogP contribution in [0, 0.1) is 0 Å². The van der Waals surface area contributed by atoms with Crippen molar-refractivity contribution < 1.29 is 9.21 Å². The van der Waals surface area contributed by atoms with E-state index >= 15 is 0 Å². The number of carbonyl (C=O) groups is 1. The Morgan fingerprint density at radius 1 is 0.926 bits per heavy atom. The molecule has 27 heavy (non-hydrogen) atoms. The molecule has 0 saturated heterocycles. The first-order chi connectivity index (χ1) is 13.3. The first-order valence-corrected chi connectivity index (χ1v) is 9.66. The van der Waals surface area contributed by atoms with Crippen LogP contribution in [0.5, 0.6) is 0 Å². The summed E-state index contributed by atoms with van der Waals surface area (Å²) in [5, 5.41) is 3.51. The number of carbonyl (C=O) groups excluding carboxylic acids is 1. The van der Waals surface area contributed by atoms with Gasteiger partial charge in [-0.15, -0.1) is 0 Å². The highest BCUT2D eigenvalue weighted by Crippen LogP contribution is 2.24. The van der Waals surface area contributed by atoms with Crippen LogP contribution in [0.4, 0.5) is 5.69 Å². The van der Waals surface area contributed by atoms with Gasteiger partial charge in [-0.1, -0.05) is 72.4 Å². The van der Waals surface area contributed by atoms with Crippen LogP contribution in [-0.4, -0.2) is 16.6 Å². The van der Waals surface area contributed by atoms with Crippen LogP contribution in [0.3, 0.4) is 0 Å². The van der Waals surface area contributed by atoms with Crippen LogP contribution < -0.4 is 5.32 Å². The van der Waals surface area contributed by atoms with Gasteiger partial charge in [0.05, 0.1) is 5.75 Å². The Morgan fingerprint density at radius 3 is 2.52 bits per heavy atom. The van der Waals surface area contributed by atoms with Gasteiger partial charge in [0, 0.05) is 5.69 Å². The number of hydrogen-bond acceptors (Lipinski definition) is 4. The van der Waals surface area contributed by atoms with Gasteiger partial charge in [-0.05, 0) is 35.7 Å². The largest absolute Gasteiger partial charge is 0.431 e. The summed E-state index contributed by atoms with van der Waals surface area (Å²) in [4.78, 5) is 16.8. The van der Waals surface area contributed by atoms with Crippen LogP contribution in [0.2, 0.25) is 0 Å². The van der Waals surface area contributed by atoms with Gasteiger partial charge in [-0.3, -0.25) is 4.79 Å². The number of thioether (sulfide) groups is 1. The lowest BCUT2D eigenvalue weighted by atomic mass is 10.0. The third kappa shape index (κ3) is 4.38. The molecule has 4 rings (SSSR count). The van der Waals surface area contributed by atoms with Crippen LogP contribution in [0.25, 0.3) is 11.1 Å². The highest BCUT2D eigenvalue weighted by atomic mass is 32.2. The fraction of sp³-hybridized carbons (Fsp3) is 0.0909. The van der Waals surface area contributed by atoms with Gasteiger partial charge in [0.2, 0.25) is 5.91 Å². The minimum absolute atomic E-state index is 0.0808. The zero-order valence-electron chi connectivity index (χ0n) is 14.6. The second kappa shape index (κ2) is 8.10. The smallest absolute Gasteiger partial charge is 0.257 e. The third-order valence-electron chi connectivity index (χ3n) is 4.13. The fourth-order valence-electron chi connectivity index (χ4n) is 2.84. The normalized spacial score (nSPS) is 10.8. The Morgan fingerprint density at radius 2 is 1.67 bits per heavy atom. The number of oxazole rings is 1. The molecule has 1 amide bonds. The molecule has 0 spiro atoms. The summed E-state index contributed by atoms with van der Waals surface area (Å²) < 4.78 is 5.64. The minimum Gasteiger partial charge on any atom is -0.431 e. The molecule has 0 fully saturated rings. The molecule has 1 heterocycles. The van der Waals surface area contributed by atoms with Gasteiger partial charge in [0.25, 0.3) is 5.22 Å². The molecule has 0 bridgehead atoms. The maximum atomic E-state index is 12.4. The van der Waals surface area contributed by atoms with Crippen molar-refractivity contribution in [2.45, 2.75) is 11.6 Å². The SMILES string of the molecule is O=C(CSc1nc2ccccc2o1)Nc1ccccc1Cc1ccccc1. The second-order valence-electron chi connectivity index (χ2n) is 6.10. The molecule has 0 aliphatic carbocycles. The summed E-state index contributed by atoms with van der Waals surface area (Å²) in [5.41, 5.74) is 4.66. The van der Waals surface area contributed by atoms with Gasteiger partial charge in [0.15, 0.2) is 5.58 Å². The Labute approximate surface area is 161 Å². The minimum atomic E-state index is -0.0808. The lowest BCUT2D eigenvalue weighted by Gasteiger charge is -2.11. The highest BCUT2D eigenvalue weighted by molar-refractivity contribution is 7.99. The highest BCUT2D eigenvalue weighted by Gasteiger charge is 2.11. The number of amides is 1. The molecule has 134 valence electrons. The molecule has 0 saturated carbocycles. The number of benzene rings is 3. The van der Waals surface area contributed by atoms with E-state index in [4.69, 9.17) is 4.42 Å². The van der Waals surface area contributed by atoms with E-state index in [0.717, 1.165) is 28.8 Å². The molecule has 4 aromatic rings. The number of nitrogens with zero attached hydrogens (tertiary/aromatic N) is 1. The topological polar surface area (TPSA) is 55.1 Å². The van der Waals surface area contributed by atoms with Crippen LogP contribution in [0.1, 0.15) is 11.1 Å². The van der Waals surface area contributed by atoms with Gasteiger partial charge in [-0.2, -0.15) is 0 Å². The molecule has 1 aromatic heterocycles. The molecule has 0 atom stereocenters. The van der Waals surface area contributed by atoms with Gasteiger partial charge in [-0.25, -0.2) is 4.98 Å². The maximum absolute atomic E-state index is 12.4. The lowest BCUT2D eigenvalue weighted by molar-refractivity contribution is -0.113. The summed E-state index contributed by atoms with van der Waals surface area (Å²) in [7, 11) is 0. The summed E-state index contributed by atoms with van der Waals surface area (Å²) in [6.45, 7) is 0. The molecule has 0 aliphatic rings. The van der Waals surface area contributed by atoms with E-state index in [1.54, 1.807) is 0 Å². The van der Waals surface area contributed by atoms with Crippen molar-refractivity contribution in [1.82, 2.24) is 4.98 Å². The van der Waals surface area contributed by atoms with Crippen molar-refractivity contribution in [1.29, 1.82) is 0 Å². The number of hydrogen-bond donors (Lipinski definition) is 1. The molecule has 0 aliphatic heterocycles. The number of fused-ring (bicyclic) bond motifs is 1. The van der Waals surface area contributed by atoms with Crippen LogP contribution >= 0.6 is 11.8 Å². The second-order valence-corrected chi connectivity index (χ2v) is 7.03. The Bertz CT molecular complexity index is 1030. The van der Waals surface area contributed by atoms with E-state index in [2.05, 4.69) is 22.4 Å². The Kier molecular flexibility index (Phi) is 5.21. The third-order valence-corrected chi connectivity index (χ3v) is 4.96. The van der Waals surface area contributed by atoms with Crippen molar-refractivity contribution in [3.8, 4) is 0 Å². The molecular formula is C22H18N2O2S. The first kappa shape index (κ1) is 17.4. The number of rotatable bonds is 6. The zero-order chi connectivity index (χ0) is 18.5. The van der Waals surface area contributed by atoms with Gasteiger partial charge < -0.3 is 9.73 Å². The van der Waals surface area contributed by atoms with E-state index in [0.29, 0.717) is 5.22 Å². The molecular weight excluding hydrogens is 356 g/mol. The van der Waals surface area contributed by atoms with Crippen molar-refractivity contribution in [3.05, 3.63) is 90.0 Å². The van der Waals surface area contributed by atoms with E-state index in [-0.39, 0.29) is 11.7 Å². The number of anilines is 1. The monoisotopic (exact) mass is 374 g/mol. The lowest BCUT2D eigenvalue weighted by Crippen LogP contribution is -2.15. The molecule has 1 N–H and O–H groups in total. The molecule has 5 heteroatoms. The van der Waals surface area contributed by atoms with Crippen molar-refractivity contribution >= 4 is 34.5 Å². The van der Waals surface area contributed by atoms with Crippen LogP contribution in [0.15, 0.2) is 88.5 Å². The Balaban J connectivity index is 1.40. The predicted octanol–water partition coefficient (Wildman–Crippen LogP) is 5.15. The standard InChI is InChI=1S/C22H18N2O2S/c25-21(15-27-22-24-19-12-6-7-13-20(19)26-22)23-18-11-5-4-10-17(18)14-16-8-2-1-3-9-16/h1-13H,14-15H2,(H,23,25). The summed E-state index contributed by atoms with van der Waals surface area (Å²) in [6.07, 6.45) is 0.773. The number of aromatic nitrogens is 1. The molecule has 3 aromatic carbocycles. The average Bonchev–Trinajstić information content (AvgIpc) is 3.12. The summed E-state index contributed by atoms with van der Waals surface area (Å²) >= 11 is 1.29. The van der Waals surface area contributed by atoms with Gasteiger partial charge >= 0.3 is 0 Å². The number of nitrogens with one attached hydrogen (secondary N) is 1. The zero-order valence-corrected chi connectivity index (χ0v) is 15.4. The molecule has 4 nitrogen and oxygen atoms in total. The molecule has 0 radical (unpaired) electrons.